The van der Waals surface area contributed by atoms with Gasteiger partial charge in [0.2, 0.25) is 0 Å². The minimum absolute atomic E-state index is 0.0609. The molecule has 1 aliphatic rings. The highest BCUT2D eigenvalue weighted by Crippen LogP contribution is 2.32. The largest absolute Gasteiger partial charge is 0.486 e. The van der Waals surface area contributed by atoms with E-state index in [1.54, 1.807) is 26.0 Å². The number of rotatable bonds is 5. The predicted molar refractivity (Wildman–Crippen MR) is 95.4 cm³/mol. The number of esters is 1. The van der Waals surface area contributed by atoms with E-state index in [4.69, 9.17) is 14.2 Å². The number of carbonyl (C=O) groups is 2. The highest BCUT2D eigenvalue weighted by molar-refractivity contribution is 5.91. The first-order valence-corrected chi connectivity index (χ1v) is 8.56. The van der Waals surface area contributed by atoms with Gasteiger partial charge in [0, 0.05) is 0 Å². The molecule has 0 spiro atoms. The van der Waals surface area contributed by atoms with Crippen LogP contribution in [-0.2, 0) is 9.53 Å². The van der Waals surface area contributed by atoms with Crippen molar-refractivity contribution >= 4 is 11.9 Å². The monoisotopic (exact) mass is 373 g/mol. The lowest BCUT2D eigenvalue weighted by Crippen LogP contribution is -2.31. The van der Waals surface area contributed by atoms with Gasteiger partial charge >= 0.3 is 5.97 Å². The molecule has 6 nitrogen and oxygen atoms in total. The summed E-state index contributed by atoms with van der Waals surface area (Å²) in [5.41, 5.74) is 1.32. The number of hydrogen-bond acceptors (Lipinski definition) is 5. The summed E-state index contributed by atoms with van der Waals surface area (Å²) in [6.07, 6.45) is 0. The van der Waals surface area contributed by atoms with Crippen LogP contribution in [0.1, 0.15) is 34.5 Å². The Morgan fingerprint density at radius 2 is 1.89 bits per heavy atom. The highest BCUT2D eigenvalue weighted by Gasteiger charge is 2.17. The van der Waals surface area contributed by atoms with Crippen molar-refractivity contribution in [3.05, 3.63) is 58.9 Å². The lowest BCUT2D eigenvalue weighted by molar-refractivity contribution is -0.124. The Balaban J connectivity index is 1.54. The highest BCUT2D eigenvalue weighted by atomic mass is 19.1. The second-order valence-corrected chi connectivity index (χ2v) is 6.23. The van der Waals surface area contributed by atoms with E-state index in [1.807, 2.05) is 6.07 Å². The van der Waals surface area contributed by atoms with Gasteiger partial charge in [-0.3, -0.25) is 4.79 Å². The van der Waals surface area contributed by atoms with E-state index in [0.717, 1.165) is 11.6 Å². The van der Waals surface area contributed by atoms with Gasteiger partial charge in [0.15, 0.2) is 18.1 Å². The van der Waals surface area contributed by atoms with Crippen LogP contribution in [0.15, 0.2) is 36.4 Å². The third-order valence-corrected chi connectivity index (χ3v) is 4.19. The van der Waals surface area contributed by atoms with Crippen LogP contribution in [0.4, 0.5) is 4.39 Å². The number of fused-ring (bicyclic) bond motifs is 1. The van der Waals surface area contributed by atoms with E-state index in [9.17, 15) is 14.0 Å². The molecule has 0 unspecified atom stereocenters. The molecule has 1 amide bonds. The Kier molecular flexibility index (Phi) is 5.59. The van der Waals surface area contributed by atoms with Crippen molar-refractivity contribution in [2.24, 2.45) is 0 Å². The zero-order valence-electron chi connectivity index (χ0n) is 15.1. The number of ether oxygens (including phenoxy) is 3. The number of carbonyl (C=O) groups excluding carboxylic acids is 2. The van der Waals surface area contributed by atoms with E-state index in [0.29, 0.717) is 30.3 Å². The second kappa shape index (κ2) is 8.07. The number of halogens is 1. The minimum atomic E-state index is -0.754. The van der Waals surface area contributed by atoms with Crippen LogP contribution in [0, 0.1) is 12.7 Å². The van der Waals surface area contributed by atoms with Gasteiger partial charge in [0.1, 0.15) is 19.0 Å². The van der Waals surface area contributed by atoms with Crippen molar-refractivity contribution in [3.63, 3.8) is 0 Å². The van der Waals surface area contributed by atoms with E-state index < -0.39 is 24.3 Å². The lowest BCUT2D eigenvalue weighted by atomic mass is 10.1. The molecule has 0 aromatic heterocycles. The smallest absolute Gasteiger partial charge is 0.338 e. The van der Waals surface area contributed by atoms with Crippen LogP contribution in [0.2, 0.25) is 0 Å². The molecule has 0 bridgehead atoms. The fraction of sp³-hybridized carbons (Fsp3) is 0.300. The van der Waals surface area contributed by atoms with Crippen molar-refractivity contribution in [3.8, 4) is 11.5 Å². The fourth-order valence-corrected chi connectivity index (χ4v) is 2.63. The molecular formula is C20H20FNO5. The Bertz CT molecular complexity index is 867. The number of benzene rings is 2. The molecule has 0 radical (unpaired) electrons. The number of nitrogens with one attached hydrogen (secondary N) is 1. The quantitative estimate of drug-likeness (QED) is 0.816. The van der Waals surface area contributed by atoms with Gasteiger partial charge in [0.25, 0.3) is 5.91 Å². The predicted octanol–water partition coefficient (Wildman–Crippen LogP) is 2.94. The average Bonchev–Trinajstić information content (AvgIpc) is 2.67. The van der Waals surface area contributed by atoms with E-state index in [1.165, 1.54) is 12.1 Å². The Hall–Kier alpha value is -3.09. The molecule has 0 saturated carbocycles. The zero-order valence-corrected chi connectivity index (χ0v) is 15.1. The van der Waals surface area contributed by atoms with Crippen LogP contribution in [0.3, 0.4) is 0 Å². The van der Waals surface area contributed by atoms with E-state index >= 15 is 0 Å². The normalized spacial score (nSPS) is 13.6. The maximum atomic E-state index is 13.5. The molecule has 1 atom stereocenters. The molecule has 0 fully saturated rings. The molecule has 0 aliphatic carbocycles. The molecular weight excluding hydrogens is 353 g/mol. The Labute approximate surface area is 156 Å². The lowest BCUT2D eigenvalue weighted by Gasteiger charge is -2.21. The Morgan fingerprint density at radius 1 is 1.15 bits per heavy atom. The van der Waals surface area contributed by atoms with E-state index in [-0.39, 0.29) is 11.6 Å². The third kappa shape index (κ3) is 4.55. The number of amides is 1. The topological polar surface area (TPSA) is 73.9 Å². The molecule has 1 aliphatic heterocycles. The van der Waals surface area contributed by atoms with Crippen LogP contribution >= 0.6 is 0 Å². The van der Waals surface area contributed by atoms with Gasteiger partial charge < -0.3 is 19.5 Å². The van der Waals surface area contributed by atoms with Gasteiger partial charge in [-0.05, 0) is 49.2 Å². The summed E-state index contributed by atoms with van der Waals surface area (Å²) >= 11 is 0. The Morgan fingerprint density at radius 3 is 2.63 bits per heavy atom. The van der Waals surface area contributed by atoms with Crippen molar-refractivity contribution in [1.29, 1.82) is 0 Å². The summed E-state index contributed by atoms with van der Waals surface area (Å²) in [5.74, 6) is -0.411. The average molecular weight is 373 g/mol. The first-order valence-electron chi connectivity index (χ1n) is 8.56. The van der Waals surface area contributed by atoms with E-state index in [2.05, 4.69) is 5.32 Å². The standard InChI is InChI=1S/C20H20FNO5/c1-12-3-4-15(9-16(12)21)20(24)27-11-19(23)22-13(2)14-5-6-17-18(10-14)26-8-7-25-17/h3-6,9-10,13H,7-8,11H2,1-2H3,(H,22,23)/t13-/m1/s1. The summed E-state index contributed by atoms with van der Waals surface area (Å²) in [6, 6.07) is 9.14. The molecule has 3 rings (SSSR count). The van der Waals surface area contributed by atoms with Gasteiger partial charge in [-0.1, -0.05) is 12.1 Å². The van der Waals surface area contributed by atoms with Crippen molar-refractivity contribution in [2.75, 3.05) is 19.8 Å². The van der Waals surface area contributed by atoms with Gasteiger partial charge in [-0.25, -0.2) is 9.18 Å². The summed E-state index contributed by atoms with van der Waals surface area (Å²) < 4.78 is 29.5. The van der Waals surface area contributed by atoms with Crippen molar-refractivity contribution in [2.45, 2.75) is 19.9 Å². The minimum Gasteiger partial charge on any atom is -0.486 e. The van der Waals surface area contributed by atoms with Crippen molar-refractivity contribution in [1.82, 2.24) is 5.32 Å². The molecule has 0 saturated heterocycles. The molecule has 2 aromatic rings. The molecule has 142 valence electrons. The summed E-state index contributed by atoms with van der Waals surface area (Å²) in [6.45, 7) is 3.93. The summed E-state index contributed by atoms with van der Waals surface area (Å²) in [7, 11) is 0. The van der Waals surface area contributed by atoms with Crippen LogP contribution < -0.4 is 14.8 Å². The van der Waals surface area contributed by atoms with Gasteiger partial charge in [-0.15, -0.1) is 0 Å². The van der Waals surface area contributed by atoms with Gasteiger partial charge in [-0.2, -0.15) is 0 Å². The zero-order chi connectivity index (χ0) is 19.4. The fourth-order valence-electron chi connectivity index (χ4n) is 2.63. The molecule has 7 heteroatoms. The second-order valence-electron chi connectivity index (χ2n) is 6.23. The van der Waals surface area contributed by atoms with Gasteiger partial charge in [0.05, 0.1) is 11.6 Å². The number of hydrogen-bond donors (Lipinski definition) is 1. The first kappa shape index (κ1) is 18.7. The molecule has 1 N–H and O–H groups in total. The first-order chi connectivity index (χ1) is 12.9. The van der Waals surface area contributed by atoms with Crippen LogP contribution in [0.25, 0.3) is 0 Å². The third-order valence-electron chi connectivity index (χ3n) is 4.19. The SMILES string of the molecule is Cc1ccc(C(=O)OCC(=O)N[C@H](C)c2ccc3c(c2)OCCO3)cc1F. The summed E-state index contributed by atoms with van der Waals surface area (Å²) in [4.78, 5) is 24.0. The molecule has 2 aromatic carbocycles. The number of aryl methyl sites for hydroxylation is 1. The van der Waals surface area contributed by atoms with Crippen LogP contribution in [0.5, 0.6) is 11.5 Å². The molecule has 27 heavy (non-hydrogen) atoms. The maximum Gasteiger partial charge on any atom is 0.338 e. The molecule has 1 heterocycles. The van der Waals surface area contributed by atoms with Crippen LogP contribution in [-0.4, -0.2) is 31.7 Å². The summed E-state index contributed by atoms with van der Waals surface area (Å²) in [5, 5.41) is 2.74. The van der Waals surface area contributed by atoms with Crippen molar-refractivity contribution < 1.29 is 28.2 Å². The maximum absolute atomic E-state index is 13.5.